The molecule has 1 aliphatic rings. The monoisotopic (exact) mass is 258 g/mol. The number of rotatable bonds is 4. The van der Waals surface area contributed by atoms with E-state index < -0.39 is 11.4 Å². The van der Waals surface area contributed by atoms with Crippen LogP contribution in [0.15, 0.2) is 0 Å². The molecule has 0 saturated carbocycles. The molecule has 0 bridgehead atoms. The Morgan fingerprint density at radius 3 is 2.44 bits per heavy atom. The van der Waals surface area contributed by atoms with E-state index >= 15 is 0 Å². The molecule has 1 atom stereocenters. The number of hydrogen-bond acceptors (Lipinski definition) is 3. The highest BCUT2D eigenvalue weighted by molar-refractivity contribution is 5.79. The Morgan fingerprint density at radius 2 is 2.06 bits per heavy atom. The molecule has 1 unspecified atom stereocenters. The molecule has 1 rings (SSSR count). The summed E-state index contributed by atoms with van der Waals surface area (Å²) in [5.41, 5.74) is -0.850. The van der Waals surface area contributed by atoms with Crippen LogP contribution in [0.4, 0.5) is 4.79 Å². The van der Waals surface area contributed by atoms with E-state index in [1.165, 1.54) is 0 Å². The second-order valence-corrected chi connectivity index (χ2v) is 5.33. The van der Waals surface area contributed by atoms with Crippen molar-refractivity contribution in [1.29, 1.82) is 0 Å². The Bertz CT molecular complexity index is 332. The van der Waals surface area contributed by atoms with Gasteiger partial charge in [0.25, 0.3) is 0 Å². The zero-order valence-corrected chi connectivity index (χ0v) is 11.2. The van der Waals surface area contributed by atoms with Crippen molar-refractivity contribution < 1.29 is 19.8 Å². The predicted octanol–water partition coefficient (Wildman–Crippen LogP) is 0.606. The van der Waals surface area contributed by atoms with E-state index in [0.29, 0.717) is 13.0 Å². The average Bonchev–Trinajstić information content (AvgIpc) is 2.69. The molecule has 2 amide bonds. The van der Waals surface area contributed by atoms with Crippen molar-refractivity contribution in [3.8, 4) is 0 Å². The summed E-state index contributed by atoms with van der Waals surface area (Å²) < 4.78 is 0. The van der Waals surface area contributed by atoms with Crippen molar-refractivity contribution in [2.75, 3.05) is 26.2 Å². The highest BCUT2D eigenvalue weighted by Gasteiger charge is 2.43. The summed E-state index contributed by atoms with van der Waals surface area (Å²) in [7, 11) is 0. The van der Waals surface area contributed by atoms with Crippen LogP contribution in [0.1, 0.15) is 27.2 Å². The topological polar surface area (TPSA) is 81.1 Å². The third-order valence-corrected chi connectivity index (χ3v) is 3.47. The predicted molar refractivity (Wildman–Crippen MR) is 66.3 cm³/mol. The van der Waals surface area contributed by atoms with Gasteiger partial charge in [0.15, 0.2) is 0 Å². The molecule has 1 aliphatic heterocycles. The summed E-state index contributed by atoms with van der Waals surface area (Å²) >= 11 is 0. The lowest BCUT2D eigenvalue weighted by molar-refractivity contribution is -0.147. The Hall–Kier alpha value is -1.30. The van der Waals surface area contributed by atoms with E-state index in [-0.39, 0.29) is 31.8 Å². The first-order chi connectivity index (χ1) is 8.31. The van der Waals surface area contributed by atoms with E-state index in [1.54, 1.807) is 16.7 Å². The quantitative estimate of drug-likeness (QED) is 0.774. The first kappa shape index (κ1) is 14.8. The van der Waals surface area contributed by atoms with Crippen LogP contribution < -0.4 is 0 Å². The van der Waals surface area contributed by atoms with Crippen LogP contribution in [-0.4, -0.2) is 64.3 Å². The van der Waals surface area contributed by atoms with Crippen molar-refractivity contribution in [1.82, 2.24) is 9.80 Å². The van der Waals surface area contributed by atoms with Crippen LogP contribution in [0.25, 0.3) is 0 Å². The van der Waals surface area contributed by atoms with E-state index in [2.05, 4.69) is 0 Å². The lowest BCUT2D eigenvalue weighted by atomic mass is 9.90. The van der Waals surface area contributed by atoms with Crippen molar-refractivity contribution >= 4 is 12.0 Å². The third-order valence-electron chi connectivity index (χ3n) is 3.47. The molecule has 0 radical (unpaired) electrons. The summed E-state index contributed by atoms with van der Waals surface area (Å²) in [5, 5.41) is 18.1. The number of aliphatic carboxylic acids is 1. The van der Waals surface area contributed by atoms with Gasteiger partial charge in [0.2, 0.25) is 0 Å². The lowest BCUT2D eigenvalue weighted by Crippen LogP contribution is -2.47. The first-order valence-corrected chi connectivity index (χ1v) is 6.21. The molecule has 1 saturated heterocycles. The molecule has 0 aliphatic carbocycles. The summed E-state index contributed by atoms with van der Waals surface area (Å²) in [5.74, 6) is -0.865. The second kappa shape index (κ2) is 5.56. The molecule has 18 heavy (non-hydrogen) atoms. The molecule has 1 heterocycles. The minimum Gasteiger partial charge on any atom is -0.481 e. The van der Waals surface area contributed by atoms with Gasteiger partial charge < -0.3 is 20.0 Å². The number of carboxylic acid groups (broad SMARTS) is 1. The molecular weight excluding hydrogens is 236 g/mol. The van der Waals surface area contributed by atoms with Crippen LogP contribution in [0.3, 0.4) is 0 Å². The van der Waals surface area contributed by atoms with Gasteiger partial charge in [0.05, 0.1) is 12.0 Å². The van der Waals surface area contributed by atoms with Gasteiger partial charge in [-0.15, -0.1) is 0 Å². The van der Waals surface area contributed by atoms with Gasteiger partial charge in [-0.1, -0.05) is 0 Å². The Balaban J connectivity index is 2.71. The first-order valence-electron chi connectivity index (χ1n) is 6.21. The summed E-state index contributed by atoms with van der Waals surface area (Å²) in [6.45, 7) is 6.28. The van der Waals surface area contributed by atoms with Crippen molar-refractivity contribution in [3.63, 3.8) is 0 Å². The summed E-state index contributed by atoms with van der Waals surface area (Å²) in [6, 6.07) is -0.203. The number of nitrogens with zero attached hydrogens (tertiary/aromatic N) is 2. The highest BCUT2D eigenvalue weighted by atomic mass is 16.4. The lowest BCUT2D eigenvalue weighted by Gasteiger charge is -2.31. The number of likely N-dealkylation sites (tertiary alicyclic amines) is 1. The molecule has 104 valence electrons. The van der Waals surface area contributed by atoms with Gasteiger partial charge in [0, 0.05) is 25.7 Å². The number of carbonyl (C=O) groups is 2. The minimum absolute atomic E-state index is 0.0127. The Morgan fingerprint density at radius 1 is 1.44 bits per heavy atom. The fourth-order valence-electron chi connectivity index (χ4n) is 2.16. The smallest absolute Gasteiger partial charge is 0.320 e. The summed E-state index contributed by atoms with van der Waals surface area (Å²) in [4.78, 5) is 26.5. The minimum atomic E-state index is -0.865. The maximum atomic E-state index is 12.2. The molecule has 0 spiro atoms. The molecule has 6 nitrogen and oxygen atoms in total. The number of hydrogen-bond donors (Lipinski definition) is 2. The molecule has 2 N–H and O–H groups in total. The maximum absolute atomic E-state index is 12.2. The van der Waals surface area contributed by atoms with Crippen molar-refractivity contribution in [2.45, 2.75) is 33.2 Å². The Kier molecular flexibility index (Phi) is 4.56. The highest BCUT2D eigenvalue weighted by Crippen LogP contribution is 2.30. The largest absolute Gasteiger partial charge is 0.481 e. The number of carboxylic acids is 1. The maximum Gasteiger partial charge on any atom is 0.320 e. The van der Waals surface area contributed by atoms with Gasteiger partial charge >= 0.3 is 12.0 Å². The van der Waals surface area contributed by atoms with Gasteiger partial charge in [-0.25, -0.2) is 4.79 Å². The summed E-state index contributed by atoms with van der Waals surface area (Å²) in [6.07, 6.45) is 0.471. The number of carbonyl (C=O) groups excluding carboxylic acids is 1. The number of aliphatic hydroxyl groups is 1. The van der Waals surface area contributed by atoms with Crippen molar-refractivity contribution in [3.05, 3.63) is 0 Å². The fraction of sp³-hybridized carbons (Fsp3) is 0.833. The third kappa shape index (κ3) is 2.93. The van der Waals surface area contributed by atoms with Crippen LogP contribution in [-0.2, 0) is 4.79 Å². The molecular formula is C12H22N2O4. The molecule has 1 fully saturated rings. The Labute approximate surface area is 107 Å². The second-order valence-electron chi connectivity index (χ2n) is 5.33. The van der Waals surface area contributed by atoms with E-state index in [9.17, 15) is 9.59 Å². The van der Waals surface area contributed by atoms with Gasteiger partial charge in [-0.2, -0.15) is 0 Å². The number of urea groups is 1. The SMILES string of the molecule is CC(C)N(CCO)C(=O)N1CCC(C)(C(=O)O)C1. The van der Waals surface area contributed by atoms with Crippen LogP contribution in [0.2, 0.25) is 0 Å². The standard InChI is InChI=1S/C12H22N2O4/c1-9(2)14(6-7-15)11(18)13-5-4-12(3,8-13)10(16)17/h9,15H,4-8H2,1-3H3,(H,16,17). The zero-order valence-electron chi connectivity index (χ0n) is 11.2. The van der Waals surface area contributed by atoms with Crippen LogP contribution >= 0.6 is 0 Å². The molecule has 0 aromatic carbocycles. The van der Waals surface area contributed by atoms with Gasteiger partial charge in [-0.05, 0) is 27.2 Å². The van der Waals surface area contributed by atoms with Gasteiger partial charge in [-0.3, -0.25) is 4.79 Å². The fourth-order valence-corrected chi connectivity index (χ4v) is 2.16. The molecule has 0 aromatic heterocycles. The molecule has 0 aromatic rings. The van der Waals surface area contributed by atoms with Crippen LogP contribution in [0, 0.1) is 5.41 Å². The van der Waals surface area contributed by atoms with E-state index in [0.717, 1.165) is 0 Å². The number of amides is 2. The van der Waals surface area contributed by atoms with E-state index in [1.807, 2.05) is 13.8 Å². The average molecular weight is 258 g/mol. The number of aliphatic hydroxyl groups excluding tert-OH is 1. The van der Waals surface area contributed by atoms with E-state index in [4.69, 9.17) is 10.2 Å². The molecule has 6 heteroatoms. The van der Waals surface area contributed by atoms with Crippen LogP contribution in [0.5, 0.6) is 0 Å². The zero-order chi connectivity index (χ0) is 13.9. The van der Waals surface area contributed by atoms with Crippen molar-refractivity contribution in [2.24, 2.45) is 5.41 Å². The van der Waals surface area contributed by atoms with Gasteiger partial charge in [0.1, 0.15) is 0 Å². The normalized spacial score (nSPS) is 23.5.